The molecule has 0 spiro atoms. The van der Waals surface area contributed by atoms with Crippen LogP contribution >= 0.6 is 0 Å². The Morgan fingerprint density at radius 1 is 1.54 bits per heavy atom. The summed E-state index contributed by atoms with van der Waals surface area (Å²) in [5.74, 6) is -1.14. The first-order valence-electron chi connectivity index (χ1n) is 4.31. The number of carbonyl (C=O) groups is 1. The molecule has 1 rings (SSSR count). The fraction of sp³-hybridized carbons (Fsp3) is 0.875. The maximum atomic E-state index is 10.9. The van der Waals surface area contributed by atoms with Crippen molar-refractivity contribution in [3.8, 4) is 0 Å². The lowest BCUT2D eigenvalue weighted by Crippen LogP contribution is -2.74. The standard InChI is InChI=1S/C8H16N2O3/c1-7(9)5(11)3-2-4-8(7,10)6(12)13/h5,11H,2-4,9-10H2,1H3,(H,12,13)/t5-,7?,8?/m0/s1. The zero-order valence-corrected chi connectivity index (χ0v) is 7.66. The molecule has 5 heteroatoms. The third kappa shape index (κ3) is 1.33. The van der Waals surface area contributed by atoms with Crippen molar-refractivity contribution in [2.75, 3.05) is 0 Å². The highest BCUT2D eigenvalue weighted by Gasteiger charge is 2.54. The first-order chi connectivity index (χ1) is 5.82. The molecule has 0 aliphatic heterocycles. The van der Waals surface area contributed by atoms with E-state index in [0.29, 0.717) is 19.3 Å². The maximum Gasteiger partial charge on any atom is 0.325 e. The van der Waals surface area contributed by atoms with Crippen LogP contribution in [0.4, 0.5) is 0 Å². The number of hydrogen-bond donors (Lipinski definition) is 4. The van der Waals surface area contributed by atoms with Gasteiger partial charge in [0.05, 0.1) is 11.6 Å². The molecule has 6 N–H and O–H groups in total. The van der Waals surface area contributed by atoms with Crippen LogP contribution in [0.1, 0.15) is 26.2 Å². The highest BCUT2D eigenvalue weighted by Crippen LogP contribution is 2.33. The molecule has 0 aromatic carbocycles. The topological polar surface area (TPSA) is 110 Å². The van der Waals surface area contributed by atoms with E-state index in [1.165, 1.54) is 6.92 Å². The van der Waals surface area contributed by atoms with E-state index in [4.69, 9.17) is 16.6 Å². The molecule has 1 aliphatic rings. The van der Waals surface area contributed by atoms with Crippen molar-refractivity contribution in [3.05, 3.63) is 0 Å². The van der Waals surface area contributed by atoms with E-state index in [2.05, 4.69) is 0 Å². The Balaban J connectivity index is 3.02. The second-order valence-electron chi connectivity index (χ2n) is 3.97. The van der Waals surface area contributed by atoms with Crippen LogP contribution in [0.15, 0.2) is 0 Å². The van der Waals surface area contributed by atoms with E-state index in [9.17, 15) is 9.90 Å². The first kappa shape index (κ1) is 10.4. The molecule has 1 aliphatic carbocycles. The highest BCUT2D eigenvalue weighted by molar-refractivity contribution is 5.81. The molecule has 0 bridgehead atoms. The van der Waals surface area contributed by atoms with Crippen LogP contribution in [0.2, 0.25) is 0 Å². The zero-order chi connectivity index (χ0) is 10.3. The Morgan fingerprint density at radius 2 is 2.08 bits per heavy atom. The molecule has 3 atom stereocenters. The van der Waals surface area contributed by atoms with Gasteiger partial charge in [-0.25, -0.2) is 0 Å². The molecule has 0 aromatic heterocycles. The van der Waals surface area contributed by atoms with Crippen LogP contribution in [-0.2, 0) is 4.79 Å². The Bertz CT molecular complexity index is 229. The number of hydrogen-bond acceptors (Lipinski definition) is 4. The van der Waals surface area contributed by atoms with Gasteiger partial charge in [-0.3, -0.25) is 4.79 Å². The minimum atomic E-state index is -1.51. The first-order valence-corrected chi connectivity index (χ1v) is 4.31. The van der Waals surface area contributed by atoms with E-state index in [1.807, 2.05) is 0 Å². The Kier molecular flexibility index (Phi) is 2.36. The summed E-state index contributed by atoms with van der Waals surface area (Å²) in [5, 5.41) is 18.5. The normalized spacial score (nSPS) is 46.0. The van der Waals surface area contributed by atoms with Crippen LogP contribution < -0.4 is 11.5 Å². The van der Waals surface area contributed by atoms with Crippen LogP contribution in [0.3, 0.4) is 0 Å². The van der Waals surface area contributed by atoms with E-state index in [1.54, 1.807) is 0 Å². The minimum Gasteiger partial charge on any atom is -0.480 e. The van der Waals surface area contributed by atoms with E-state index < -0.39 is 23.2 Å². The number of rotatable bonds is 1. The molecule has 2 unspecified atom stereocenters. The third-order valence-corrected chi connectivity index (χ3v) is 3.08. The molecule has 1 fully saturated rings. The monoisotopic (exact) mass is 188 g/mol. The van der Waals surface area contributed by atoms with Gasteiger partial charge in [-0.2, -0.15) is 0 Å². The number of carboxylic acid groups (broad SMARTS) is 1. The lowest BCUT2D eigenvalue weighted by Gasteiger charge is -2.47. The molecule has 13 heavy (non-hydrogen) atoms. The van der Waals surface area contributed by atoms with Gasteiger partial charge in [0, 0.05) is 0 Å². The van der Waals surface area contributed by atoms with E-state index in [0.717, 1.165) is 0 Å². The fourth-order valence-corrected chi connectivity index (χ4v) is 1.78. The van der Waals surface area contributed by atoms with E-state index >= 15 is 0 Å². The summed E-state index contributed by atoms with van der Waals surface area (Å²) in [6, 6.07) is 0. The van der Waals surface area contributed by atoms with Crippen molar-refractivity contribution in [3.63, 3.8) is 0 Å². The number of aliphatic hydroxyl groups is 1. The Hall–Kier alpha value is -0.650. The highest BCUT2D eigenvalue weighted by atomic mass is 16.4. The average molecular weight is 188 g/mol. The van der Waals surface area contributed by atoms with Crippen molar-refractivity contribution < 1.29 is 15.0 Å². The molecule has 0 amide bonds. The van der Waals surface area contributed by atoms with Crippen molar-refractivity contribution >= 4 is 5.97 Å². The van der Waals surface area contributed by atoms with Gasteiger partial charge in [-0.05, 0) is 26.2 Å². The molecule has 0 radical (unpaired) electrons. The van der Waals surface area contributed by atoms with Gasteiger partial charge in [0.15, 0.2) is 0 Å². The SMILES string of the molecule is CC1(N)[C@@H](O)CCCC1(N)C(=O)O. The van der Waals surface area contributed by atoms with Crippen LogP contribution in [0.25, 0.3) is 0 Å². The van der Waals surface area contributed by atoms with Crippen LogP contribution in [-0.4, -0.2) is 33.4 Å². The predicted octanol–water partition coefficient (Wildman–Crippen LogP) is -0.969. The molecular formula is C8H16N2O3. The van der Waals surface area contributed by atoms with Crippen molar-refractivity contribution in [2.24, 2.45) is 11.5 Å². The lowest BCUT2D eigenvalue weighted by molar-refractivity contribution is -0.151. The Morgan fingerprint density at radius 3 is 2.46 bits per heavy atom. The number of aliphatic hydroxyl groups excluding tert-OH is 1. The van der Waals surface area contributed by atoms with Crippen LogP contribution in [0.5, 0.6) is 0 Å². The van der Waals surface area contributed by atoms with Crippen LogP contribution in [0, 0.1) is 0 Å². The quantitative estimate of drug-likeness (QED) is 0.423. The number of carboxylic acids is 1. The molecular weight excluding hydrogens is 172 g/mol. The molecule has 1 saturated carbocycles. The molecule has 5 nitrogen and oxygen atoms in total. The summed E-state index contributed by atoms with van der Waals surface area (Å²) < 4.78 is 0. The lowest BCUT2D eigenvalue weighted by atomic mass is 9.67. The summed E-state index contributed by atoms with van der Waals surface area (Å²) in [6.45, 7) is 1.49. The predicted molar refractivity (Wildman–Crippen MR) is 47.0 cm³/mol. The third-order valence-electron chi connectivity index (χ3n) is 3.08. The van der Waals surface area contributed by atoms with Gasteiger partial charge in [-0.15, -0.1) is 0 Å². The summed E-state index contributed by atoms with van der Waals surface area (Å²) in [7, 11) is 0. The van der Waals surface area contributed by atoms with E-state index in [-0.39, 0.29) is 0 Å². The van der Waals surface area contributed by atoms with Gasteiger partial charge < -0.3 is 21.7 Å². The van der Waals surface area contributed by atoms with Gasteiger partial charge in [0.1, 0.15) is 5.54 Å². The summed E-state index contributed by atoms with van der Waals surface area (Å²) in [5.41, 5.74) is 8.67. The number of nitrogens with two attached hydrogens (primary N) is 2. The van der Waals surface area contributed by atoms with Gasteiger partial charge >= 0.3 is 5.97 Å². The van der Waals surface area contributed by atoms with Gasteiger partial charge in [0.2, 0.25) is 0 Å². The van der Waals surface area contributed by atoms with Gasteiger partial charge in [-0.1, -0.05) is 0 Å². The molecule has 0 aromatic rings. The van der Waals surface area contributed by atoms with Gasteiger partial charge in [0.25, 0.3) is 0 Å². The van der Waals surface area contributed by atoms with Crippen molar-refractivity contribution in [2.45, 2.75) is 43.4 Å². The second-order valence-corrected chi connectivity index (χ2v) is 3.97. The molecule has 0 saturated heterocycles. The largest absolute Gasteiger partial charge is 0.480 e. The zero-order valence-electron chi connectivity index (χ0n) is 7.66. The fourth-order valence-electron chi connectivity index (χ4n) is 1.78. The summed E-state index contributed by atoms with van der Waals surface area (Å²) in [6.07, 6.45) is 0.574. The summed E-state index contributed by atoms with van der Waals surface area (Å²) in [4.78, 5) is 10.9. The van der Waals surface area contributed by atoms with Crippen molar-refractivity contribution in [1.29, 1.82) is 0 Å². The molecule has 76 valence electrons. The summed E-state index contributed by atoms with van der Waals surface area (Å²) >= 11 is 0. The molecule has 0 heterocycles. The minimum absolute atomic E-state index is 0.312. The number of aliphatic carboxylic acids is 1. The Labute approximate surface area is 76.7 Å². The van der Waals surface area contributed by atoms with Crippen molar-refractivity contribution in [1.82, 2.24) is 0 Å². The second kappa shape index (κ2) is 2.94. The smallest absolute Gasteiger partial charge is 0.325 e. The average Bonchev–Trinajstić information content (AvgIpc) is 2.00. The maximum absolute atomic E-state index is 10.9.